The van der Waals surface area contributed by atoms with Gasteiger partial charge in [0, 0.05) is 16.8 Å². The third kappa shape index (κ3) is 2.88. The van der Waals surface area contributed by atoms with Crippen LogP contribution in [-0.2, 0) is 10.1 Å². The number of nitrogens with zero attached hydrogens (tertiary/aromatic N) is 1. The summed E-state index contributed by atoms with van der Waals surface area (Å²) in [7, 11) is -4.81. The first-order valence-corrected chi connectivity index (χ1v) is 6.14. The van der Waals surface area contributed by atoms with Gasteiger partial charge in [0.15, 0.2) is 0 Å². The summed E-state index contributed by atoms with van der Waals surface area (Å²) < 4.78 is 33.3. The van der Waals surface area contributed by atoms with Gasteiger partial charge in [0.05, 0.1) is 9.82 Å². The van der Waals surface area contributed by atoms with Crippen molar-refractivity contribution in [3.05, 3.63) is 40.4 Å². The summed E-state index contributed by atoms with van der Waals surface area (Å²) in [5.74, 6) is 0. The van der Waals surface area contributed by atoms with E-state index < -0.39 is 25.6 Å². The SMILES string of the molecule is Nc1c([N+](=O)[O-])cc(S(=O)(=O)[O-])c2ccccc12.[Na+]. The third-order valence-corrected chi connectivity index (χ3v) is 3.37. The van der Waals surface area contributed by atoms with Gasteiger partial charge in [-0.1, -0.05) is 24.3 Å². The molecule has 0 aliphatic rings. The maximum atomic E-state index is 11.1. The molecule has 0 aromatic heterocycles. The number of benzene rings is 2. The molecule has 0 unspecified atom stereocenters. The molecule has 0 heterocycles. The molecule has 0 fully saturated rings. The quantitative estimate of drug-likeness (QED) is 0.229. The van der Waals surface area contributed by atoms with Gasteiger partial charge in [-0.05, 0) is 0 Å². The number of nitrogens with two attached hydrogens (primary N) is 1. The average molecular weight is 290 g/mol. The maximum Gasteiger partial charge on any atom is 1.00 e. The first kappa shape index (κ1) is 15.9. The summed E-state index contributed by atoms with van der Waals surface area (Å²) in [6.45, 7) is 0. The van der Waals surface area contributed by atoms with Crippen molar-refractivity contribution in [1.82, 2.24) is 0 Å². The summed E-state index contributed by atoms with van der Waals surface area (Å²) in [6, 6.07) is 6.55. The topological polar surface area (TPSA) is 126 Å². The molecule has 2 rings (SSSR count). The number of nitro groups is 1. The van der Waals surface area contributed by atoms with Crippen LogP contribution >= 0.6 is 0 Å². The Morgan fingerprint density at radius 1 is 1.16 bits per heavy atom. The van der Waals surface area contributed by atoms with Crippen LogP contribution in [0.2, 0.25) is 0 Å². The summed E-state index contributed by atoms with van der Waals surface area (Å²) in [4.78, 5) is 9.31. The predicted octanol–water partition coefficient (Wildman–Crippen LogP) is -1.76. The second kappa shape index (κ2) is 5.43. The van der Waals surface area contributed by atoms with Crippen molar-refractivity contribution < 1.29 is 47.5 Å². The average Bonchev–Trinajstić information content (AvgIpc) is 2.27. The smallest absolute Gasteiger partial charge is 0.744 e. The van der Waals surface area contributed by atoms with Crippen molar-refractivity contribution in [2.24, 2.45) is 0 Å². The fourth-order valence-corrected chi connectivity index (χ4v) is 2.41. The largest absolute Gasteiger partial charge is 1.00 e. The van der Waals surface area contributed by atoms with E-state index in [1.54, 1.807) is 6.07 Å². The normalized spacial score (nSPS) is 11.0. The number of nitrogen functional groups attached to an aromatic ring is 1. The molecule has 2 N–H and O–H groups in total. The van der Waals surface area contributed by atoms with Crippen molar-refractivity contribution in [1.29, 1.82) is 0 Å². The van der Waals surface area contributed by atoms with Gasteiger partial charge in [0.1, 0.15) is 15.8 Å². The molecule has 7 nitrogen and oxygen atoms in total. The summed E-state index contributed by atoms with van der Waals surface area (Å²) in [5.41, 5.74) is 4.84. The molecule has 0 amide bonds. The second-order valence-corrected chi connectivity index (χ2v) is 4.91. The minimum absolute atomic E-state index is 0. The van der Waals surface area contributed by atoms with Crippen LogP contribution in [0.15, 0.2) is 35.2 Å². The van der Waals surface area contributed by atoms with Crippen molar-refractivity contribution in [3.8, 4) is 0 Å². The number of fused-ring (bicyclic) bond motifs is 1. The van der Waals surface area contributed by atoms with Crippen LogP contribution in [0.25, 0.3) is 10.8 Å². The molecule has 0 atom stereocenters. The van der Waals surface area contributed by atoms with Gasteiger partial charge in [-0.3, -0.25) is 10.1 Å². The van der Waals surface area contributed by atoms with Crippen molar-refractivity contribution in [2.75, 3.05) is 5.73 Å². The molecule has 0 spiro atoms. The van der Waals surface area contributed by atoms with E-state index in [1.807, 2.05) is 0 Å². The second-order valence-electron chi connectivity index (χ2n) is 3.56. The minimum Gasteiger partial charge on any atom is -0.744 e. The van der Waals surface area contributed by atoms with E-state index in [4.69, 9.17) is 5.73 Å². The molecule has 0 radical (unpaired) electrons. The van der Waals surface area contributed by atoms with Gasteiger partial charge < -0.3 is 10.3 Å². The van der Waals surface area contributed by atoms with E-state index in [1.165, 1.54) is 18.2 Å². The third-order valence-electron chi connectivity index (χ3n) is 2.49. The Bertz CT molecular complexity index is 760. The minimum atomic E-state index is -4.81. The fraction of sp³-hybridized carbons (Fsp3) is 0. The van der Waals surface area contributed by atoms with Crippen LogP contribution in [0.5, 0.6) is 0 Å². The van der Waals surface area contributed by atoms with Crippen LogP contribution in [0, 0.1) is 10.1 Å². The van der Waals surface area contributed by atoms with E-state index in [-0.39, 0.29) is 46.0 Å². The van der Waals surface area contributed by atoms with Crippen LogP contribution in [0.4, 0.5) is 11.4 Å². The monoisotopic (exact) mass is 290 g/mol. The zero-order valence-corrected chi connectivity index (χ0v) is 12.7. The number of anilines is 1. The zero-order valence-electron chi connectivity index (χ0n) is 9.86. The first-order valence-electron chi connectivity index (χ1n) is 4.74. The number of nitro benzene ring substituents is 1. The van der Waals surface area contributed by atoms with Crippen LogP contribution in [0.1, 0.15) is 0 Å². The Morgan fingerprint density at radius 2 is 1.68 bits per heavy atom. The molecule has 9 heteroatoms. The van der Waals surface area contributed by atoms with E-state index in [0.29, 0.717) is 6.07 Å². The molecule has 2 aromatic carbocycles. The number of rotatable bonds is 2. The standard InChI is InChI=1S/C10H8N2O5S.Na/c11-10-7-4-2-1-3-6(7)9(18(15,16)17)5-8(10)12(13)14;/h1-5H,11H2,(H,15,16,17);/q;+1/p-1. The first-order chi connectivity index (χ1) is 8.32. The van der Waals surface area contributed by atoms with Crippen LogP contribution < -0.4 is 35.3 Å². The summed E-state index contributed by atoms with van der Waals surface area (Å²) >= 11 is 0. The molecule has 0 bridgehead atoms. The van der Waals surface area contributed by atoms with Gasteiger partial charge in [0.2, 0.25) is 0 Å². The predicted molar refractivity (Wildman–Crippen MR) is 63.0 cm³/mol. The van der Waals surface area contributed by atoms with Crippen molar-refractivity contribution in [3.63, 3.8) is 0 Å². The maximum absolute atomic E-state index is 11.1. The molecular formula is C10H7N2NaO5S. The molecule has 0 aliphatic heterocycles. The Balaban J connectivity index is 0.00000180. The van der Waals surface area contributed by atoms with E-state index >= 15 is 0 Å². The van der Waals surface area contributed by atoms with E-state index in [2.05, 4.69) is 0 Å². The van der Waals surface area contributed by atoms with E-state index in [0.717, 1.165) is 0 Å². The van der Waals surface area contributed by atoms with Gasteiger partial charge in [-0.15, -0.1) is 0 Å². The zero-order chi connectivity index (χ0) is 13.5. The molecule has 94 valence electrons. The summed E-state index contributed by atoms with van der Waals surface area (Å²) in [6.07, 6.45) is 0. The summed E-state index contributed by atoms with van der Waals surface area (Å²) in [5, 5.41) is 11.0. The van der Waals surface area contributed by atoms with E-state index in [9.17, 15) is 23.1 Å². The van der Waals surface area contributed by atoms with Gasteiger partial charge >= 0.3 is 29.6 Å². The Labute approximate surface area is 130 Å². The molecule has 0 aliphatic carbocycles. The van der Waals surface area contributed by atoms with Gasteiger partial charge in [-0.25, -0.2) is 8.42 Å². The Morgan fingerprint density at radius 3 is 2.16 bits per heavy atom. The fourth-order valence-electron chi connectivity index (χ4n) is 1.71. The van der Waals surface area contributed by atoms with Crippen LogP contribution in [-0.4, -0.2) is 17.9 Å². The molecule has 19 heavy (non-hydrogen) atoms. The molecule has 0 saturated carbocycles. The number of hydrogen-bond donors (Lipinski definition) is 1. The Hall–Kier alpha value is -1.19. The van der Waals surface area contributed by atoms with Crippen LogP contribution in [0.3, 0.4) is 0 Å². The Kier molecular flexibility index (Phi) is 4.54. The van der Waals surface area contributed by atoms with Crippen molar-refractivity contribution >= 4 is 32.3 Å². The number of hydrogen-bond acceptors (Lipinski definition) is 6. The van der Waals surface area contributed by atoms with Gasteiger partial charge in [-0.2, -0.15) is 0 Å². The molecular weight excluding hydrogens is 283 g/mol. The molecule has 0 saturated heterocycles. The molecule has 2 aromatic rings. The van der Waals surface area contributed by atoms with Gasteiger partial charge in [0.25, 0.3) is 5.69 Å². The van der Waals surface area contributed by atoms with Crippen molar-refractivity contribution in [2.45, 2.75) is 4.90 Å².